The first-order chi connectivity index (χ1) is 8.84. The minimum Gasteiger partial charge on any atom is -0.310 e. The highest BCUT2D eigenvalue weighted by molar-refractivity contribution is 8.00. The number of benzene rings is 1. The number of thioether (sulfide) groups is 1. The van der Waals surface area contributed by atoms with E-state index in [4.69, 9.17) is 0 Å². The molecule has 1 fully saturated rings. The van der Waals surface area contributed by atoms with Crippen LogP contribution < -0.4 is 5.32 Å². The lowest BCUT2D eigenvalue weighted by molar-refractivity contribution is 0.630. The zero-order valence-electron chi connectivity index (χ0n) is 10.7. The maximum Gasteiger partial charge on any atom is 0.0841 e. The number of fused-ring (bicyclic) bond motifs is 1. The van der Waals surface area contributed by atoms with E-state index in [0.717, 1.165) is 24.0 Å². The van der Waals surface area contributed by atoms with E-state index in [1.807, 2.05) is 11.7 Å². The van der Waals surface area contributed by atoms with Gasteiger partial charge in [-0.3, -0.25) is 4.68 Å². The number of hydrogen-bond acceptors (Lipinski definition) is 3. The van der Waals surface area contributed by atoms with Crippen molar-refractivity contribution in [3.63, 3.8) is 0 Å². The van der Waals surface area contributed by atoms with E-state index in [9.17, 15) is 0 Å². The Kier molecular flexibility index (Phi) is 3.57. The fourth-order valence-electron chi connectivity index (χ4n) is 2.58. The molecule has 3 nitrogen and oxygen atoms in total. The Bertz CT molecular complexity index is 529. The fraction of sp³-hybridized carbons (Fsp3) is 0.500. The predicted molar refractivity (Wildman–Crippen MR) is 77.9 cm³/mol. The second-order valence-electron chi connectivity index (χ2n) is 4.85. The Labute approximate surface area is 112 Å². The maximum atomic E-state index is 4.60. The molecular weight excluding hydrogens is 242 g/mol. The molecule has 1 aliphatic rings. The quantitative estimate of drug-likeness (QED) is 0.917. The maximum absolute atomic E-state index is 4.60. The van der Waals surface area contributed by atoms with Crippen molar-refractivity contribution in [3.05, 3.63) is 30.0 Å². The molecule has 0 amide bonds. The van der Waals surface area contributed by atoms with Gasteiger partial charge in [0.25, 0.3) is 0 Å². The summed E-state index contributed by atoms with van der Waals surface area (Å²) in [7, 11) is 2.01. The van der Waals surface area contributed by atoms with Crippen LogP contribution in [0.3, 0.4) is 0 Å². The van der Waals surface area contributed by atoms with Gasteiger partial charge in [-0.25, -0.2) is 0 Å². The van der Waals surface area contributed by atoms with Gasteiger partial charge in [0.05, 0.1) is 11.2 Å². The number of aromatic nitrogens is 2. The zero-order chi connectivity index (χ0) is 12.4. The Morgan fingerprint density at radius 2 is 2.33 bits per heavy atom. The van der Waals surface area contributed by atoms with Crippen molar-refractivity contribution in [2.45, 2.75) is 24.6 Å². The highest BCUT2D eigenvalue weighted by atomic mass is 32.2. The molecule has 0 radical (unpaired) electrons. The van der Waals surface area contributed by atoms with Gasteiger partial charge in [-0.05, 0) is 24.7 Å². The first kappa shape index (κ1) is 12.1. The number of nitrogens with one attached hydrogen (secondary N) is 1. The summed E-state index contributed by atoms with van der Waals surface area (Å²) in [6.07, 6.45) is 2.74. The summed E-state index contributed by atoms with van der Waals surface area (Å²) >= 11 is 2.10. The summed E-state index contributed by atoms with van der Waals surface area (Å²) < 4.78 is 1.97. The topological polar surface area (TPSA) is 29.9 Å². The zero-order valence-corrected chi connectivity index (χ0v) is 11.5. The number of nitrogens with zero attached hydrogens (tertiary/aromatic N) is 2. The molecular formula is C14H19N3S. The van der Waals surface area contributed by atoms with E-state index >= 15 is 0 Å². The third-order valence-corrected chi connectivity index (χ3v) is 4.92. The summed E-state index contributed by atoms with van der Waals surface area (Å²) in [5.74, 6) is 1.33. The fourth-order valence-corrected chi connectivity index (χ4v) is 3.81. The van der Waals surface area contributed by atoms with Crippen molar-refractivity contribution < 1.29 is 0 Å². The third kappa shape index (κ3) is 2.40. The largest absolute Gasteiger partial charge is 0.310 e. The first-order valence-corrected chi connectivity index (χ1v) is 7.62. The summed E-state index contributed by atoms with van der Waals surface area (Å²) in [5, 5.41) is 10.2. The van der Waals surface area contributed by atoms with E-state index < -0.39 is 0 Å². The molecule has 1 unspecified atom stereocenters. The SMILES string of the molecule is Cn1nc(CNCC2CCCS2)c2ccccc21. The van der Waals surface area contributed by atoms with Crippen molar-refractivity contribution in [1.29, 1.82) is 0 Å². The summed E-state index contributed by atoms with van der Waals surface area (Å²) in [4.78, 5) is 0. The van der Waals surface area contributed by atoms with Gasteiger partial charge in [0, 0.05) is 30.8 Å². The number of aryl methyl sites for hydroxylation is 1. The predicted octanol–water partition coefficient (Wildman–Crippen LogP) is 2.56. The molecule has 0 aliphatic carbocycles. The molecule has 0 spiro atoms. The van der Waals surface area contributed by atoms with Gasteiger partial charge in [-0.1, -0.05) is 18.2 Å². The van der Waals surface area contributed by atoms with Gasteiger partial charge in [-0.15, -0.1) is 0 Å². The normalized spacial score (nSPS) is 19.7. The first-order valence-electron chi connectivity index (χ1n) is 6.57. The van der Waals surface area contributed by atoms with Crippen molar-refractivity contribution >= 4 is 22.7 Å². The van der Waals surface area contributed by atoms with Crippen LogP contribution in [0.4, 0.5) is 0 Å². The van der Waals surface area contributed by atoms with Crippen LogP contribution >= 0.6 is 11.8 Å². The lowest BCUT2D eigenvalue weighted by atomic mass is 10.2. The summed E-state index contributed by atoms with van der Waals surface area (Å²) in [5.41, 5.74) is 2.38. The molecule has 1 saturated heterocycles. The molecule has 1 N–H and O–H groups in total. The molecule has 18 heavy (non-hydrogen) atoms. The van der Waals surface area contributed by atoms with E-state index in [2.05, 4.69) is 46.4 Å². The molecule has 1 aromatic heterocycles. The molecule has 1 aromatic carbocycles. The van der Waals surface area contributed by atoms with Crippen LogP contribution in [-0.4, -0.2) is 27.3 Å². The van der Waals surface area contributed by atoms with Gasteiger partial charge in [0.1, 0.15) is 0 Å². The van der Waals surface area contributed by atoms with Gasteiger partial charge < -0.3 is 5.32 Å². The van der Waals surface area contributed by atoms with Gasteiger partial charge >= 0.3 is 0 Å². The van der Waals surface area contributed by atoms with Gasteiger partial charge in [-0.2, -0.15) is 16.9 Å². The van der Waals surface area contributed by atoms with Crippen LogP contribution in [0.25, 0.3) is 10.9 Å². The van der Waals surface area contributed by atoms with Crippen molar-refractivity contribution in [2.24, 2.45) is 7.05 Å². The Morgan fingerprint density at radius 3 is 3.17 bits per heavy atom. The van der Waals surface area contributed by atoms with Crippen LogP contribution in [0, 0.1) is 0 Å². The number of rotatable bonds is 4. The smallest absolute Gasteiger partial charge is 0.0841 e. The minimum atomic E-state index is 0.806. The van der Waals surface area contributed by atoms with Crippen molar-refractivity contribution in [3.8, 4) is 0 Å². The monoisotopic (exact) mass is 261 g/mol. The molecule has 0 saturated carbocycles. The highest BCUT2D eigenvalue weighted by Gasteiger charge is 2.15. The molecule has 96 valence electrons. The lowest BCUT2D eigenvalue weighted by Gasteiger charge is -2.08. The van der Waals surface area contributed by atoms with Crippen LogP contribution in [0.1, 0.15) is 18.5 Å². The van der Waals surface area contributed by atoms with E-state index in [-0.39, 0.29) is 0 Å². The van der Waals surface area contributed by atoms with Gasteiger partial charge in [0.2, 0.25) is 0 Å². The van der Waals surface area contributed by atoms with Crippen molar-refractivity contribution in [2.75, 3.05) is 12.3 Å². The third-order valence-electron chi connectivity index (χ3n) is 3.52. The van der Waals surface area contributed by atoms with E-state index in [1.54, 1.807) is 0 Å². The van der Waals surface area contributed by atoms with Crippen LogP contribution in [-0.2, 0) is 13.6 Å². The van der Waals surface area contributed by atoms with Crippen LogP contribution in [0.5, 0.6) is 0 Å². The Morgan fingerprint density at radius 1 is 1.44 bits per heavy atom. The lowest BCUT2D eigenvalue weighted by Crippen LogP contribution is -2.23. The second-order valence-corrected chi connectivity index (χ2v) is 6.26. The number of para-hydroxylation sites is 1. The molecule has 2 heterocycles. The standard InChI is InChI=1S/C14H19N3S/c1-17-14-7-3-2-6-12(14)13(16-17)10-15-9-11-5-4-8-18-11/h2-3,6-7,11,15H,4-5,8-10H2,1H3. The molecule has 1 atom stereocenters. The molecule has 4 heteroatoms. The number of hydrogen-bond donors (Lipinski definition) is 1. The average molecular weight is 261 g/mol. The Hall–Kier alpha value is -1.00. The molecule has 0 bridgehead atoms. The van der Waals surface area contributed by atoms with Gasteiger partial charge in [0.15, 0.2) is 0 Å². The van der Waals surface area contributed by atoms with Crippen molar-refractivity contribution in [1.82, 2.24) is 15.1 Å². The van der Waals surface area contributed by atoms with Crippen LogP contribution in [0.2, 0.25) is 0 Å². The summed E-state index contributed by atoms with van der Waals surface area (Å²) in [6, 6.07) is 8.43. The molecule has 3 rings (SSSR count). The second kappa shape index (κ2) is 5.33. The average Bonchev–Trinajstić information content (AvgIpc) is 3.00. The highest BCUT2D eigenvalue weighted by Crippen LogP contribution is 2.25. The molecule has 2 aromatic rings. The minimum absolute atomic E-state index is 0.806. The van der Waals surface area contributed by atoms with E-state index in [1.165, 1.54) is 29.5 Å². The summed E-state index contributed by atoms with van der Waals surface area (Å²) in [6.45, 7) is 1.98. The Balaban J connectivity index is 1.67. The van der Waals surface area contributed by atoms with Crippen LogP contribution in [0.15, 0.2) is 24.3 Å². The van der Waals surface area contributed by atoms with E-state index in [0.29, 0.717) is 0 Å². The molecule has 1 aliphatic heterocycles.